The van der Waals surface area contributed by atoms with E-state index in [1.807, 2.05) is 59.2 Å². The van der Waals surface area contributed by atoms with Crippen molar-refractivity contribution < 1.29 is 0 Å². The normalized spacial score (nSPS) is 12.0. The Kier molecular flexibility index (Phi) is 7.13. The zero-order valence-electron chi connectivity index (χ0n) is 33.0. The van der Waals surface area contributed by atoms with Gasteiger partial charge >= 0.3 is 0 Å². The summed E-state index contributed by atoms with van der Waals surface area (Å²) in [5.74, 6) is 0. The van der Waals surface area contributed by atoms with Gasteiger partial charge in [-0.2, -0.15) is 0 Å². The van der Waals surface area contributed by atoms with E-state index in [1.54, 1.807) is 0 Å². The number of fused-ring (bicyclic) bond motifs is 14. The van der Waals surface area contributed by atoms with Crippen molar-refractivity contribution in [1.82, 2.24) is 13.7 Å². The highest BCUT2D eigenvalue weighted by Crippen LogP contribution is 2.41. The third-order valence-electron chi connectivity index (χ3n) is 12.8. The Balaban J connectivity index is 1.05. The zero-order chi connectivity index (χ0) is 40.2. The lowest BCUT2D eigenvalue weighted by Gasteiger charge is -2.14. The van der Waals surface area contributed by atoms with Crippen LogP contribution in [0.4, 0.5) is 0 Å². The Hall–Kier alpha value is -8.21. The van der Waals surface area contributed by atoms with Crippen molar-refractivity contribution in [3.8, 4) is 28.2 Å². The average molecular weight is 778 g/mol. The molecule has 0 N–H and O–H groups in total. The Morgan fingerprint density at radius 2 is 0.705 bits per heavy atom. The Morgan fingerprint density at radius 3 is 1.33 bits per heavy atom. The van der Waals surface area contributed by atoms with Gasteiger partial charge in [0.2, 0.25) is 0 Å². The molecule has 0 aliphatic carbocycles. The molecule has 13 rings (SSSR count). The molecule has 0 unspecified atom stereocenters. The SMILES string of the molecule is O=c1c2c(c3ccccc3n1-c1ccccc1)c1cc(-c3ccc4c(c3)c3ccccc3n4-c3ccc4c5ccccc5c5ccccc5c4c3)ccc1n2-c1ccccc1. The monoisotopic (exact) mass is 777 g/mol. The molecular weight excluding hydrogens is 743 g/mol. The van der Waals surface area contributed by atoms with E-state index < -0.39 is 0 Å². The average Bonchev–Trinajstić information content (AvgIpc) is 3.85. The van der Waals surface area contributed by atoms with Gasteiger partial charge in [0, 0.05) is 44.0 Å². The van der Waals surface area contributed by atoms with Crippen molar-refractivity contribution in [2.24, 2.45) is 0 Å². The van der Waals surface area contributed by atoms with Gasteiger partial charge in [-0.25, -0.2) is 0 Å². The van der Waals surface area contributed by atoms with Crippen molar-refractivity contribution >= 4 is 86.8 Å². The maximum atomic E-state index is 15.0. The van der Waals surface area contributed by atoms with Gasteiger partial charge in [-0.1, -0.05) is 140 Å². The first kappa shape index (κ1) is 33.7. The van der Waals surface area contributed by atoms with Crippen LogP contribution in [0.5, 0.6) is 0 Å². The van der Waals surface area contributed by atoms with Crippen LogP contribution in [-0.2, 0) is 0 Å². The topological polar surface area (TPSA) is 31.9 Å². The zero-order valence-corrected chi connectivity index (χ0v) is 33.0. The van der Waals surface area contributed by atoms with Gasteiger partial charge in [0.25, 0.3) is 5.56 Å². The van der Waals surface area contributed by atoms with Gasteiger partial charge in [-0.05, 0) is 116 Å². The quantitative estimate of drug-likeness (QED) is 0.164. The Bertz CT molecular complexity index is 3970. The van der Waals surface area contributed by atoms with Crippen molar-refractivity contribution in [1.29, 1.82) is 0 Å². The molecule has 0 fully saturated rings. The summed E-state index contributed by atoms with van der Waals surface area (Å²) in [6, 6.07) is 75.3. The maximum Gasteiger partial charge on any atom is 0.280 e. The minimum Gasteiger partial charge on any atom is -0.309 e. The molecule has 3 aromatic heterocycles. The highest BCUT2D eigenvalue weighted by molar-refractivity contribution is 6.26. The second kappa shape index (κ2) is 12.9. The first-order valence-corrected chi connectivity index (χ1v) is 20.8. The molecule has 4 heteroatoms. The highest BCUT2D eigenvalue weighted by atomic mass is 16.1. The Morgan fingerprint density at radius 1 is 0.262 bits per heavy atom. The minimum atomic E-state index is -0.0504. The molecule has 0 amide bonds. The number of pyridine rings is 1. The van der Waals surface area contributed by atoms with Gasteiger partial charge in [0.15, 0.2) is 0 Å². The number of para-hydroxylation sites is 4. The fraction of sp³-hybridized carbons (Fsp3) is 0. The molecule has 0 aliphatic rings. The third kappa shape index (κ3) is 4.84. The van der Waals surface area contributed by atoms with Gasteiger partial charge < -0.3 is 9.13 Å². The lowest BCUT2D eigenvalue weighted by atomic mass is 9.94. The number of hydrogen-bond donors (Lipinski definition) is 0. The smallest absolute Gasteiger partial charge is 0.280 e. The predicted octanol–water partition coefficient (Wildman–Crippen LogP) is 14.3. The molecule has 0 bridgehead atoms. The van der Waals surface area contributed by atoms with Crippen LogP contribution in [0.15, 0.2) is 217 Å². The number of benzene rings is 10. The van der Waals surface area contributed by atoms with Crippen molar-refractivity contribution in [2.75, 3.05) is 0 Å². The third-order valence-corrected chi connectivity index (χ3v) is 12.8. The first-order chi connectivity index (χ1) is 30.2. The van der Waals surface area contributed by atoms with E-state index in [9.17, 15) is 4.79 Å². The Labute approximate surface area is 350 Å². The van der Waals surface area contributed by atoms with Crippen molar-refractivity contribution in [3.05, 3.63) is 223 Å². The van der Waals surface area contributed by atoms with E-state index in [1.165, 1.54) is 48.6 Å². The van der Waals surface area contributed by atoms with Crippen molar-refractivity contribution in [2.45, 2.75) is 0 Å². The summed E-state index contributed by atoms with van der Waals surface area (Å²) >= 11 is 0. The van der Waals surface area contributed by atoms with Gasteiger partial charge in [-0.15, -0.1) is 0 Å². The largest absolute Gasteiger partial charge is 0.309 e. The van der Waals surface area contributed by atoms with Crippen LogP contribution in [0.3, 0.4) is 0 Å². The molecule has 284 valence electrons. The molecule has 0 radical (unpaired) electrons. The molecular formula is C57H35N3O. The second-order valence-electron chi connectivity index (χ2n) is 16.0. The second-order valence-corrected chi connectivity index (χ2v) is 16.0. The van der Waals surface area contributed by atoms with Crippen molar-refractivity contribution in [3.63, 3.8) is 0 Å². The van der Waals surface area contributed by atoms with E-state index in [0.29, 0.717) is 5.52 Å². The molecule has 0 saturated carbocycles. The summed E-state index contributed by atoms with van der Waals surface area (Å²) in [6.45, 7) is 0. The van der Waals surface area contributed by atoms with Crippen LogP contribution >= 0.6 is 0 Å². The summed E-state index contributed by atoms with van der Waals surface area (Å²) < 4.78 is 6.42. The molecule has 61 heavy (non-hydrogen) atoms. The van der Waals surface area contributed by atoms with Crippen LogP contribution in [0.25, 0.3) is 115 Å². The fourth-order valence-electron chi connectivity index (χ4n) is 10.2. The molecule has 13 aromatic rings. The molecule has 0 atom stereocenters. The van der Waals surface area contributed by atoms with Crippen LogP contribution < -0.4 is 5.56 Å². The summed E-state index contributed by atoms with van der Waals surface area (Å²) in [5.41, 5.74) is 9.96. The first-order valence-electron chi connectivity index (χ1n) is 20.8. The van der Waals surface area contributed by atoms with E-state index >= 15 is 0 Å². The summed E-state index contributed by atoms with van der Waals surface area (Å²) in [7, 11) is 0. The summed E-state index contributed by atoms with van der Waals surface area (Å²) in [6.07, 6.45) is 0. The maximum absolute atomic E-state index is 15.0. The molecule has 0 aliphatic heterocycles. The van der Waals surface area contributed by atoms with E-state index in [2.05, 4.69) is 167 Å². The number of nitrogens with zero attached hydrogens (tertiary/aromatic N) is 3. The number of hydrogen-bond acceptors (Lipinski definition) is 1. The van der Waals surface area contributed by atoms with E-state index in [0.717, 1.165) is 60.9 Å². The van der Waals surface area contributed by atoms with Crippen LogP contribution in [-0.4, -0.2) is 13.7 Å². The standard InChI is InChI=1S/C57H35N3O/c61-57-56-55(47-24-12-14-26-52(47)60(57)39-17-5-2-6-18-39)50-34-37(28-32-54(50)59(56)38-15-3-1-4-16-38)36-27-31-53-49(33-36)46-23-11-13-25-51(46)58(53)40-29-30-45-43-21-8-7-19-41(43)42-20-9-10-22-44(42)48(45)35-40/h1-35H. The molecule has 10 aromatic carbocycles. The highest BCUT2D eigenvalue weighted by Gasteiger charge is 2.22. The van der Waals surface area contributed by atoms with Crippen LogP contribution in [0.2, 0.25) is 0 Å². The fourth-order valence-corrected chi connectivity index (χ4v) is 10.2. The summed E-state index contributed by atoms with van der Waals surface area (Å²) in [4.78, 5) is 15.0. The molecule has 4 nitrogen and oxygen atoms in total. The molecule has 3 heterocycles. The molecule has 0 spiro atoms. The van der Waals surface area contributed by atoms with E-state index in [4.69, 9.17) is 0 Å². The summed E-state index contributed by atoms with van der Waals surface area (Å²) in [5, 5.41) is 13.0. The van der Waals surface area contributed by atoms with Gasteiger partial charge in [0.1, 0.15) is 5.52 Å². The predicted molar refractivity (Wildman–Crippen MR) is 256 cm³/mol. The number of rotatable bonds is 4. The minimum absolute atomic E-state index is 0.0504. The molecule has 0 saturated heterocycles. The van der Waals surface area contributed by atoms with Crippen LogP contribution in [0.1, 0.15) is 0 Å². The lowest BCUT2D eigenvalue weighted by Crippen LogP contribution is -2.21. The lowest BCUT2D eigenvalue weighted by molar-refractivity contribution is 1.04. The van der Waals surface area contributed by atoms with E-state index in [-0.39, 0.29) is 5.56 Å². The van der Waals surface area contributed by atoms with Crippen LogP contribution in [0, 0.1) is 0 Å². The van der Waals surface area contributed by atoms with Gasteiger partial charge in [0.05, 0.1) is 22.1 Å². The number of aromatic nitrogens is 3. The van der Waals surface area contributed by atoms with Gasteiger partial charge in [-0.3, -0.25) is 9.36 Å².